The zero-order valence-corrected chi connectivity index (χ0v) is 8.63. The van der Waals surface area contributed by atoms with E-state index in [4.69, 9.17) is 5.11 Å². The highest BCUT2D eigenvalue weighted by molar-refractivity contribution is 9.10. The third-order valence-corrected chi connectivity index (χ3v) is 2.36. The lowest BCUT2D eigenvalue weighted by molar-refractivity contribution is 0.0690. The van der Waals surface area contributed by atoms with Gasteiger partial charge in [0, 0.05) is 6.07 Å². The van der Waals surface area contributed by atoms with Gasteiger partial charge in [-0.05, 0) is 15.9 Å². The molecule has 1 aromatic rings. The number of carbonyl (C=O) groups is 1. The molecule has 1 rings (SSSR count). The first kappa shape index (κ1) is 10.8. The molecule has 0 unspecified atom stereocenters. The molecule has 6 heteroatoms. The van der Waals surface area contributed by atoms with Crippen LogP contribution < -0.4 is 4.74 Å². The van der Waals surface area contributed by atoms with Crippen LogP contribution in [-0.2, 0) is 0 Å². The van der Waals surface area contributed by atoms with Gasteiger partial charge >= 0.3 is 5.97 Å². The molecule has 1 aromatic carbocycles. The van der Waals surface area contributed by atoms with E-state index in [9.17, 15) is 14.3 Å². The molecule has 0 aromatic heterocycles. The number of carboxylic acids is 1. The zero-order chi connectivity index (χ0) is 10.9. The Morgan fingerprint density at radius 3 is 2.64 bits per heavy atom. The quantitative estimate of drug-likeness (QED) is 0.858. The van der Waals surface area contributed by atoms with E-state index < -0.39 is 23.1 Å². The lowest BCUT2D eigenvalue weighted by Crippen LogP contribution is -2.03. The van der Waals surface area contributed by atoms with Gasteiger partial charge in [-0.2, -0.15) is 0 Å². The van der Waals surface area contributed by atoms with Crippen LogP contribution in [0.2, 0.25) is 0 Å². The Morgan fingerprint density at radius 2 is 2.21 bits per heavy atom. The maximum absolute atomic E-state index is 13.1. The second-order valence-electron chi connectivity index (χ2n) is 2.40. The van der Waals surface area contributed by atoms with E-state index in [-0.39, 0.29) is 10.2 Å². The van der Waals surface area contributed by atoms with Crippen LogP contribution >= 0.6 is 15.9 Å². The largest absolute Gasteiger partial charge is 0.503 e. The van der Waals surface area contributed by atoms with Crippen LogP contribution in [0.15, 0.2) is 10.5 Å². The number of methoxy groups -OCH3 is 1. The van der Waals surface area contributed by atoms with Crippen molar-refractivity contribution in [2.24, 2.45) is 0 Å². The molecule has 0 fully saturated rings. The van der Waals surface area contributed by atoms with E-state index in [1.165, 1.54) is 7.11 Å². The minimum Gasteiger partial charge on any atom is -0.503 e. The Bertz CT molecular complexity index is 391. The molecule has 2 N–H and O–H groups in total. The number of phenolic OH excluding ortho intramolecular Hbond substituents is 1. The van der Waals surface area contributed by atoms with Crippen molar-refractivity contribution in [3.05, 3.63) is 21.9 Å². The number of hydrogen-bond acceptors (Lipinski definition) is 3. The summed E-state index contributed by atoms with van der Waals surface area (Å²) < 4.78 is 17.5. The summed E-state index contributed by atoms with van der Waals surface area (Å²) in [6, 6.07) is 0.809. The van der Waals surface area contributed by atoms with Gasteiger partial charge in [0.2, 0.25) is 0 Å². The normalized spacial score (nSPS) is 9.93. The minimum absolute atomic E-state index is 0.126. The molecular weight excluding hydrogens is 259 g/mol. The van der Waals surface area contributed by atoms with Crippen molar-refractivity contribution in [2.45, 2.75) is 0 Å². The summed E-state index contributed by atoms with van der Waals surface area (Å²) in [6.07, 6.45) is 0. The van der Waals surface area contributed by atoms with Crippen molar-refractivity contribution in [2.75, 3.05) is 7.11 Å². The molecule has 0 radical (unpaired) electrons. The van der Waals surface area contributed by atoms with Gasteiger partial charge in [0.05, 0.1) is 11.6 Å². The van der Waals surface area contributed by atoms with Crippen LogP contribution in [0.1, 0.15) is 10.4 Å². The number of aromatic hydroxyl groups is 1. The van der Waals surface area contributed by atoms with Gasteiger partial charge < -0.3 is 14.9 Å². The highest BCUT2D eigenvalue weighted by Crippen LogP contribution is 2.38. The SMILES string of the molecule is COc1cc(F)c(C(=O)O)c(Br)c1O. The maximum atomic E-state index is 13.1. The van der Waals surface area contributed by atoms with Crippen LogP contribution in [0.4, 0.5) is 4.39 Å². The van der Waals surface area contributed by atoms with E-state index in [1.54, 1.807) is 0 Å². The number of carboxylic acid groups (broad SMARTS) is 1. The molecule has 0 saturated heterocycles. The van der Waals surface area contributed by atoms with Crippen molar-refractivity contribution in [1.82, 2.24) is 0 Å². The van der Waals surface area contributed by atoms with Crippen molar-refractivity contribution in [3.63, 3.8) is 0 Å². The van der Waals surface area contributed by atoms with Gasteiger partial charge in [-0.25, -0.2) is 9.18 Å². The average Bonchev–Trinajstić information content (AvgIpc) is 2.10. The molecule has 4 nitrogen and oxygen atoms in total. The monoisotopic (exact) mass is 264 g/mol. The molecule has 14 heavy (non-hydrogen) atoms. The lowest BCUT2D eigenvalue weighted by Gasteiger charge is -2.08. The zero-order valence-electron chi connectivity index (χ0n) is 7.04. The van der Waals surface area contributed by atoms with E-state index in [1.807, 2.05) is 0 Å². The van der Waals surface area contributed by atoms with Gasteiger partial charge in [0.15, 0.2) is 11.5 Å². The summed E-state index contributed by atoms with van der Waals surface area (Å²) in [6.45, 7) is 0. The van der Waals surface area contributed by atoms with Gasteiger partial charge in [0.1, 0.15) is 11.4 Å². The molecule has 0 spiro atoms. The molecule has 0 atom stereocenters. The first-order chi connectivity index (χ1) is 6.49. The standard InChI is InChI=1S/C8H6BrFO4/c1-14-4-2-3(10)5(8(12)13)6(9)7(4)11/h2,11H,1H3,(H,12,13). The molecule has 0 heterocycles. The highest BCUT2D eigenvalue weighted by atomic mass is 79.9. The second kappa shape index (κ2) is 3.83. The summed E-state index contributed by atoms with van der Waals surface area (Å²) in [4.78, 5) is 10.6. The van der Waals surface area contributed by atoms with Crippen molar-refractivity contribution >= 4 is 21.9 Å². The van der Waals surface area contributed by atoms with Gasteiger partial charge in [-0.1, -0.05) is 0 Å². The Balaban J connectivity index is 3.49. The van der Waals surface area contributed by atoms with Crippen LogP contribution in [0.3, 0.4) is 0 Å². The third-order valence-electron chi connectivity index (χ3n) is 1.59. The summed E-state index contributed by atoms with van der Waals surface area (Å²) in [5.41, 5.74) is -0.622. The minimum atomic E-state index is -1.47. The fourth-order valence-electron chi connectivity index (χ4n) is 0.939. The van der Waals surface area contributed by atoms with E-state index >= 15 is 0 Å². The van der Waals surface area contributed by atoms with Gasteiger partial charge in [-0.3, -0.25) is 0 Å². The summed E-state index contributed by atoms with van der Waals surface area (Å²) >= 11 is 2.77. The summed E-state index contributed by atoms with van der Waals surface area (Å²) in [7, 11) is 1.24. The van der Waals surface area contributed by atoms with E-state index in [2.05, 4.69) is 20.7 Å². The summed E-state index contributed by atoms with van der Waals surface area (Å²) in [5.74, 6) is -3.00. The Hall–Kier alpha value is -1.30. The number of rotatable bonds is 2. The van der Waals surface area contributed by atoms with Crippen LogP contribution in [0.5, 0.6) is 11.5 Å². The van der Waals surface area contributed by atoms with Crippen molar-refractivity contribution < 1.29 is 24.1 Å². The molecule has 0 bridgehead atoms. The third kappa shape index (κ3) is 1.65. The molecule has 0 saturated carbocycles. The van der Waals surface area contributed by atoms with Crippen molar-refractivity contribution in [1.29, 1.82) is 0 Å². The predicted molar refractivity (Wildman–Crippen MR) is 49.3 cm³/mol. The molecule has 0 amide bonds. The average molecular weight is 265 g/mol. The molecule has 0 aliphatic carbocycles. The molecular formula is C8H6BrFO4. The van der Waals surface area contributed by atoms with Crippen molar-refractivity contribution in [3.8, 4) is 11.5 Å². The van der Waals surface area contributed by atoms with Crippen LogP contribution in [0, 0.1) is 5.82 Å². The first-order valence-electron chi connectivity index (χ1n) is 3.47. The predicted octanol–water partition coefficient (Wildman–Crippen LogP) is 2.00. The molecule has 0 aliphatic heterocycles. The second-order valence-corrected chi connectivity index (χ2v) is 3.20. The van der Waals surface area contributed by atoms with Crippen LogP contribution in [0.25, 0.3) is 0 Å². The Morgan fingerprint density at radius 1 is 1.64 bits per heavy atom. The number of aromatic carboxylic acids is 1. The van der Waals surface area contributed by atoms with Gasteiger partial charge in [-0.15, -0.1) is 0 Å². The fourth-order valence-corrected chi connectivity index (χ4v) is 1.49. The first-order valence-corrected chi connectivity index (χ1v) is 4.26. The highest BCUT2D eigenvalue weighted by Gasteiger charge is 2.21. The maximum Gasteiger partial charge on any atom is 0.339 e. The number of hydrogen-bond donors (Lipinski definition) is 2. The Labute approximate surface area is 87.1 Å². The van der Waals surface area contributed by atoms with E-state index in [0.29, 0.717) is 0 Å². The fraction of sp³-hybridized carbons (Fsp3) is 0.125. The molecule has 76 valence electrons. The van der Waals surface area contributed by atoms with Gasteiger partial charge in [0.25, 0.3) is 0 Å². The van der Waals surface area contributed by atoms with E-state index in [0.717, 1.165) is 6.07 Å². The Kier molecular flexibility index (Phi) is 2.95. The topological polar surface area (TPSA) is 66.8 Å². The smallest absolute Gasteiger partial charge is 0.339 e. The number of ether oxygens (including phenoxy) is 1. The number of benzene rings is 1. The number of phenols is 1. The molecule has 0 aliphatic rings. The number of halogens is 2. The van der Waals surface area contributed by atoms with Crippen LogP contribution in [-0.4, -0.2) is 23.3 Å². The lowest BCUT2D eigenvalue weighted by atomic mass is 10.2. The summed E-state index contributed by atoms with van der Waals surface area (Å²) in [5, 5.41) is 18.0.